The zero-order valence-corrected chi connectivity index (χ0v) is 19.0. The molecule has 11 heteroatoms. The summed E-state index contributed by atoms with van der Waals surface area (Å²) in [6.45, 7) is 0.324. The van der Waals surface area contributed by atoms with E-state index in [9.17, 15) is 0 Å². The second-order valence-corrected chi connectivity index (χ2v) is 7.04. The molecular weight excluding hydrogens is 404 g/mol. The average Bonchev–Trinajstić information content (AvgIpc) is 3.04. The molecule has 0 spiro atoms. The van der Waals surface area contributed by atoms with E-state index >= 15 is 0 Å². The van der Waals surface area contributed by atoms with Crippen molar-refractivity contribution < 1.29 is 52.1 Å². The zero-order chi connectivity index (χ0) is 22.3. The maximum absolute atomic E-state index is 6.38. The Morgan fingerprint density at radius 1 is 0.633 bits per heavy atom. The van der Waals surface area contributed by atoms with Crippen LogP contribution in [0.4, 0.5) is 0 Å². The third-order valence-corrected chi connectivity index (χ3v) is 5.47. The molecule has 0 amide bonds. The van der Waals surface area contributed by atoms with E-state index in [0.717, 1.165) is 0 Å². The van der Waals surface area contributed by atoms with E-state index in [1.165, 1.54) is 14.2 Å². The van der Waals surface area contributed by atoms with Crippen molar-refractivity contribution in [1.82, 2.24) is 0 Å². The molecule has 2 heterocycles. The van der Waals surface area contributed by atoms with Gasteiger partial charge in [0.05, 0.1) is 6.61 Å². The molecule has 0 N–H and O–H groups in total. The largest absolute Gasteiger partial charge is 0.382 e. The Bertz CT molecular complexity index is 495. The van der Waals surface area contributed by atoms with Crippen LogP contribution in [0.1, 0.15) is 0 Å². The summed E-state index contributed by atoms with van der Waals surface area (Å²) in [5.74, 6) is -1.36. The molecule has 2 fully saturated rings. The summed E-state index contributed by atoms with van der Waals surface area (Å²) < 4.78 is 63.0. The van der Waals surface area contributed by atoms with Crippen molar-refractivity contribution in [2.45, 2.75) is 55.0 Å². The van der Waals surface area contributed by atoms with Crippen LogP contribution in [-0.2, 0) is 52.1 Å². The molecule has 9 unspecified atom stereocenters. The Balaban J connectivity index is 2.37. The lowest BCUT2D eigenvalue weighted by atomic mass is 10.0. The maximum Gasteiger partial charge on any atom is 0.224 e. The third kappa shape index (κ3) is 4.97. The highest BCUT2D eigenvalue weighted by atomic mass is 16.8. The van der Waals surface area contributed by atoms with E-state index in [1.54, 1.807) is 42.7 Å². The fourth-order valence-electron chi connectivity index (χ4n) is 4.19. The summed E-state index contributed by atoms with van der Waals surface area (Å²) in [6.07, 6.45) is -4.95. The minimum Gasteiger partial charge on any atom is -0.382 e. The Morgan fingerprint density at radius 3 is 1.70 bits per heavy atom. The first-order chi connectivity index (χ1) is 14.5. The van der Waals surface area contributed by atoms with Gasteiger partial charge in [-0.05, 0) is 0 Å². The molecule has 9 atom stereocenters. The third-order valence-electron chi connectivity index (χ3n) is 5.47. The molecule has 2 aliphatic rings. The van der Waals surface area contributed by atoms with Crippen LogP contribution in [0.25, 0.3) is 0 Å². The first-order valence-electron chi connectivity index (χ1n) is 9.66. The van der Waals surface area contributed by atoms with Gasteiger partial charge in [0, 0.05) is 56.9 Å². The monoisotopic (exact) mass is 440 g/mol. The van der Waals surface area contributed by atoms with Gasteiger partial charge in [-0.25, -0.2) is 0 Å². The van der Waals surface area contributed by atoms with Gasteiger partial charge < -0.3 is 52.1 Å². The highest BCUT2D eigenvalue weighted by molar-refractivity contribution is 5.00. The van der Waals surface area contributed by atoms with Crippen LogP contribution in [0.15, 0.2) is 0 Å². The van der Waals surface area contributed by atoms with Crippen LogP contribution in [0.3, 0.4) is 0 Å². The predicted octanol–water partition coefficient (Wildman–Crippen LogP) is -0.205. The molecule has 178 valence electrons. The summed E-state index contributed by atoms with van der Waals surface area (Å²) in [4.78, 5) is 0. The highest BCUT2D eigenvalue weighted by Crippen LogP contribution is 2.40. The predicted molar refractivity (Wildman–Crippen MR) is 102 cm³/mol. The molecule has 0 aromatic heterocycles. The summed E-state index contributed by atoms with van der Waals surface area (Å²) in [5.41, 5.74) is 0. The number of methoxy groups -OCH3 is 8. The molecule has 0 bridgehead atoms. The topological polar surface area (TPSA) is 102 Å². The van der Waals surface area contributed by atoms with E-state index in [2.05, 4.69) is 0 Å². The van der Waals surface area contributed by atoms with Crippen molar-refractivity contribution in [1.29, 1.82) is 0 Å². The fourth-order valence-corrected chi connectivity index (χ4v) is 4.19. The van der Waals surface area contributed by atoms with Crippen LogP contribution in [0.5, 0.6) is 0 Å². The normalized spacial score (nSPS) is 42.0. The molecule has 11 nitrogen and oxygen atoms in total. The smallest absolute Gasteiger partial charge is 0.224 e. The molecule has 0 aromatic carbocycles. The molecule has 0 saturated carbocycles. The van der Waals surface area contributed by atoms with E-state index in [1.807, 2.05) is 0 Å². The molecule has 0 aromatic rings. The van der Waals surface area contributed by atoms with Gasteiger partial charge in [0.1, 0.15) is 43.2 Å². The number of ether oxygens (including phenoxy) is 11. The molecule has 2 aliphatic heterocycles. The quantitative estimate of drug-likeness (QED) is 0.403. The Hall–Kier alpha value is -0.440. The van der Waals surface area contributed by atoms with Crippen LogP contribution in [-0.4, -0.2) is 125 Å². The SMILES string of the molecule is COCC1OC(COC)(OC2OC(OC)C(OC)C(OC)C2OC)C(OC)C1OC. The Morgan fingerprint density at radius 2 is 1.23 bits per heavy atom. The van der Waals surface area contributed by atoms with Crippen molar-refractivity contribution >= 4 is 0 Å². The van der Waals surface area contributed by atoms with Crippen LogP contribution >= 0.6 is 0 Å². The van der Waals surface area contributed by atoms with E-state index in [-0.39, 0.29) is 13.2 Å². The maximum atomic E-state index is 6.38. The average molecular weight is 440 g/mol. The van der Waals surface area contributed by atoms with E-state index < -0.39 is 55.0 Å². The van der Waals surface area contributed by atoms with Gasteiger partial charge in [0.15, 0.2) is 12.6 Å². The second kappa shape index (κ2) is 12.0. The molecule has 0 radical (unpaired) electrons. The van der Waals surface area contributed by atoms with E-state index in [4.69, 9.17) is 52.1 Å². The number of rotatable bonds is 12. The first-order valence-corrected chi connectivity index (χ1v) is 9.66. The van der Waals surface area contributed by atoms with E-state index in [0.29, 0.717) is 0 Å². The first kappa shape index (κ1) is 25.8. The summed E-state index contributed by atoms with van der Waals surface area (Å²) in [7, 11) is 12.4. The summed E-state index contributed by atoms with van der Waals surface area (Å²) in [5, 5.41) is 0. The van der Waals surface area contributed by atoms with Gasteiger partial charge in [-0.15, -0.1) is 0 Å². The molecule has 2 rings (SSSR count). The summed E-state index contributed by atoms with van der Waals surface area (Å²) in [6, 6.07) is 0. The minimum absolute atomic E-state index is 0.0465. The lowest BCUT2D eigenvalue weighted by Crippen LogP contribution is -2.64. The number of hydrogen-bond acceptors (Lipinski definition) is 11. The lowest BCUT2D eigenvalue weighted by Gasteiger charge is -2.46. The van der Waals surface area contributed by atoms with Crippen molar-refractivity contribution in [2.75, 3.05) is 70.1 Å². The minimum atomic E-state index is -1.36. The molecule has 0 aliphatic carbocycles. The van der Waals surface area contributed by atoms with Gasteiger partial charge in [0.25, 0.3) is 0 Å². The van der Waals surface area contributed by atoms with Crippen LogP contribution in [0.2, 0.25) is 0 Å². The van der Waals surface area contributed by atoms with Gasteiger partial charge >= 0.3 is 0 Å². The number of hydrogen-bond donors (Lipinski definition) is 0. The lowest BCUT2D eigenvalue weighted by molar-refractivity contribution is -0.410. The Kier molecular flexibility index (Phi) is 10.3. The Labute approximate surface area is 178 Å². The van der Waals surface area contributed by atoms with Crippen molar-refractivity contribution in [3.63, 3.8) is 0 Å². The van der Waals surface area contributed by atoms with Gasteiger partial charge in [0.2, 0.25) is 5.79 Å². The highest BCUT2D eigenvalue weighted by Gasteiger charge is 2.60. The standard InChI is InChI=1S/C19H36O11/c1-20-9-11-12(22-3)16(26-7)19(29-11,10-21-2)30-18-15(25-6)13(23-4)14(24-5)17(27-8)28-18/h11-18H,9-10H2,1-8H3. The second-order valence-electron chi connectivity index (χ2n) is 7.04. The molecule has 30 heavy (non-hydrogen) atoms. The van der Waals surface area contributed by atoms with Gasteiger partial charge in [-0.1, -0.05) is 0 Å². The van der Waals surface area contributed by atoms with Crippen molar-refractivity contribution in [2.24, 2.45) is 0 Å². The van der Waals surface area contributed by atoms with Gasteiger partial charge in [-0.2, -0.15) is 0 Å². The fraction of sp³-hybridized carbons (Fsp3) is 1.00. The van der Waals surface area contributed by atoms with Crippen molar-refractivity contribution in [3.8, 4) is 0 Å². The van der Waals surface area contributed by atoms with Crippen molar-refractivity contribution in [3.05, 3.63) is 0 Å². The summed E-state index contributed by atoms with van der Waals surface area (Å²) >= 11 is 0. The van der Waals surface area contributed by atoms with Gasteiger partial charge in [-0.3, -0.25) is 0 Å². The van der Waals surface area contributed by atoms with Crippen LogP contribution in [0, 0.1) is 0 Å². The molecule has 2 saturated heterocycles. The molecular formula is C19H36O11. The van der Waals surface area contributed by atoms with Crippen LogP contribution < -0.4 is 0 Å². The zero-order valence-electron chi connectivity index (χ0n) is 19.0.